The van der Waals surface area contributed by atoms with Crippen LogP contribution < -0.4 is 15.4 Å². The van der Waals surface area contributed by atoms with E-state index >= 15 is 0 Å². The molecule has 0 heterocycles. The Kier molecular flexibility index (Phi) is 9.15. The Morgan fingerprint density at radius 1 is 1.17 bits per heavy atom. The zero-order valence-corrected chi connectivity index (χ0v) is 15.5. The van der Waals surface area contributed by atoms with Crippen LogP contribution in [0.2, 0.25) is 0 Å². The largest absolute Gasteiger partial charge is 0.486 e. The second-order valence-electron chi connectivity index (χ2n) is 5.76. The van der Waals surface area contributed by atoms with Gasteiger partial charge in [0.05, 0.1) is 6.54 Å². The van der Waals surface area contributed by atoms with Gasteiger partial charge in [-0.3, -0.25) is 9.89 Å². The van der Waals surface area contributed by atoms with Crippen molar-refractivity contribution in [2.75, 3.05) is 33.2 Å². The zero-order valence-electron chi connectivity index (χ0n) is 15.5. The van der Waals surface area contributed by atoms with Crippen LogP contribution in [0.4, 0.5) is 4.39 Å². The van der Waals surface area contributed by atoms with Crippen molar-refractivity contribution in [2.24, 2.45) is 4.99 Å². The maximum atomic E-state index is 13.6. The van der Waals surface area contributed by atoms with Crippen molar-refractivity contribution in [3.8, 4) is 5.75 Å². The molecule has 0 radical (unpaired) electrons. The molecule has 0 aliphatic heterocycles. The average Bonchev–Trinajstić information content (AvgIpc) is 2.58. The molecule has 0 fully saturated rings. The summed E-state index contributed by atoms with van der Waals surface area (Å²) in [7, 11) is 1.74. The van der Waals surface area contributed by atoms with Gasteiger partial charge < -0.3 is 15.4 Å². The molecule has 0 amide bonds. The fourth-order valence-corrected chi connectivity index (χ4v) is 2.48. The van der Waals surface area contributed by atoms with Gasteiger partial charge >= 0.3 is 0 Å². The summed E-state index contributed by atoms with van der Waals surface area (Å²) in [6.07, 6.45) is -0.180. The second-order valence-corrected chi connectivity index (χ2v) is 5.76. The lowest BCUT2D eigenvalue weighted by Gasteiger charge is -2.27. The first-order valence-corrected chi connectivity index (χ1v) is 8.61. The van der Waals surface area contributed by atoms with Crippen LogP contribution in [0.5, 0.6) is 5.75 Å². The minimum absolute atomic E-state index is 0.180. The molecule has 2 N–H and O–H groups in total. The summed E-state index contributed by atoms with van der Waals surface area (Å²) in [6.45, 7) is 11.8. The van der Waals surface area contributed by atoms with Crippen molar-refractivity contribution in [2.45, 2.75) is 39.8 Å². The molecule has 6 heteroatoms. The highest BCUT2D eigenvalue weighted by molar-refractivity contribution is 5.79. The van der Waals surface area contributed by atoms with Gasteiger partial charge in [-0.1, -0.05) is 26.0 Å². The molecule has 0 spiro atoms. The van der Waals surface area contributed by atoms with Crippen molar-refractivity contribution in [3.05, 3.63) is 30.1 Å². The van der Waals surface area contributed by atoms with Crippen LogP contribution >= 0.6 is 0 Å². The first-order valence-electron chi connectivity index (χ1n) is 8.61. The molecule has 1 aromatic rings. The molecule has 0 aliphatic rings. The average molecular weight is 338 g/mol. The number of benzene rings is 1. The van der Waals surface area contributed by atoms with E-state index in [1.54, 1.807) is 25.2 Å². The van der Waals surface area contributed by atoms with Crippen LogP contribution in [-0.4, -0.2) is 56.2 Å². The molecule has 1 rings (SSSR count). The molecule has 136 valence electrons. The van der Waals surface area contributed by atoms with Crippen molar-refractivity contribution < 1.29 is 9.13 Å². The highest BCUT2D eigenvalue weighted by Crippen LogP contribution is 2.16. The zero-order chi connectivity index (χ0) is 17.9. The second kappa shape index (κ2) is 10.9. The summed E-state index contributed by atoms with van der Waals surface area (Å²) in [5.41, 5.74) is 0. The van der Waals surface area contributed by atoms with E-state index in [0.717, 1.165) is 25.6 Å². The molecule has 0 aliphatic carbocycles. The molecule has 5 nitrogen and oxygen atoms in total. The number of halogens is 1. The van der Waals surface area contributed by atoms with Gasteiger partial charge in [-0.25, -0.2) is 4.39 Å². The molecule has 0 saturated heterocycles. The number of para-hydroxylation sites is 1. The topological polar surface area (TPSA) is 48.9 Å². The van der Waals surface area contributed by atoms with Crippen LogP contribution in [-0.2, 0) is 0 Å². The monoisotopic (exact) mass is 338 g/mol. The quantitative estimate of drug-likeness (QED) is 0.536. The van der Waals surface area contributed by atoms with Gasteiger partial charge in [0.2, 0.25) is 0 Å². The third-order valence-corrected chi connectivity index (χ3v) is 3.95. The van der Waals surface area contributed by atoms with E-state index in [-0.39, 0.29) is 17.7 Å². The number of nitrogens with zero attached hydrogens (tertiary/aromatic N) is 2. The summed E-state index contributed by atoms with van der Waals surface area (Å²) in [5.74, 6) is 0.641. The molecule has 0 bridgehead atoms. The van der Waals surface area contributed by atoms with E-state index < -0.39 is 0 Å². The Hall–Kier alpha value is -1.82. The van der Waals surface area contributed by atoms with E-state index in [1.807, 2.05) is 6.92 Å². The van der Waals surface area contributed by atoms with Gasteiger partial charge in [0, 0.05) is 19.6 Å². The van der Waals surface area contributed by atoms with Gasteiger partial charge in [0.15, 0.2) is 17.5 Å². The molecule has 0 aromatic heterocycles. The maximum Gasteiger partial charge on any atom is 0.191 e. The molecule has 24 heavy (non-hydrogen) atoms. The van der Waals surface area contributed by atoms with Crippen molar-refractivity contribution in [3.63, 3.8) is 0 Å². The number of ether oxygens (including phenoxy) is 1. The van der Waals surface area contributed by atoms with Crippen molar-refractivity contribution in [1.82, 2.24) is 15.5 Å². The van der Waals surface area contributed by atoms with Crippen molar-refractivity contribution in [1.29, 1.82) is 0 Å². The summed E-state index contributed by atoms with van der Waals surface area (Å²) in [4.78, 5) is 6.59. The predicted octanol–water partition coefficient (Wildman–Crippen LogP) is 2.49. The first-order chi connectivity index (χ1) is 11.5. The van der Waals surface area contributed by atoms with E-state index in [9.17, 15) is 4.39 Å². The van der Waals surface area contributed by atoms with E-state index in [1.165, 1.54) is 6.07 Å². The van der Waals surface area contributed by atoms with Crippen LogP contribution in [0.3, 0.4) is 0 Å². The van der Waals surface area contributed by atoms with E-state index in [2.05, 4.69) is 41.3 Å². The Balaban J connectivity index is 2.39. The Labute approximate surface area is 145 Å². The highest BCUT2D eigenvalue weighted by atomic mass is 19.1. The number of nitrogens with one attached hydrogen (secondary N) is 2. The number of hydrogen-bond acceptors (Lipinski definition) is 3. The lowest BCUT2D eigenvalue weighted by Crippen LogP contribution is -2.47. The number of hydrogen-bond donors (Lipinski definition) is 2. The molecular weight excluding hydrogens is 307 g/mol. The fourth-order valence-electron chi connectivity index (χ4n) is 2.48. The summed E-state index contributed by atoms with van der Waals surface area (Å²) in [5, 5.41) is 6.53. The number of rotatable bonds is 9. The lowest BCUT2D eigenvalue weighted by molar-refractivity contribution is 0.213. The molecule has 1 aromatic carbocycles. The highest BCUT2D eigenvalue weighted by Gasteiger charge is 2.12. The summed E-state index contributed by atoms with van der Waals surface area (Å²) >= 11 is 0. The van der Waals surface area contributed by atoms with Crippen LogP contribution in [0.25, 0.3) is 0 Å². The Morgan fingerprint density at radius 3 is 2.38 bits per heavy atom. The predicted molar refractivity (Wildman–Crippen MR) is 98.2 cm³/mol. The van der Waals surface area contributed by atoms with Gasteiger partial charge in [-0.15, -0.1) is 0 Å². The Bertz CT molecular complexity index is 506. The third-order valence-electron chi connectivity index (χ3n) is 3.95. The lowest BCUT2D eigenvalue weighted by atomic mass is 10.3. The van der Waals surface area contributed by atoms with Crippen LogP contribution in [0.1, 0.15) is 27.7 Å². The molecule has 2 atom stereocenters. The smallest absolute Gasteiger partial charge is 0.191 e. The number of likely N-dealkylation sites (N-methyl/N-ethyl adjacent to an activating group) is 1. The molecule has 2 unspecified atom stereocenters. The maximum absolute atomic E-state index is 13.6. The molecular formula is C18H31FN4O. The molecule has 0 saturated carbocycles. The van der Waals surface area contributed by atoms with Gasteiger partial charge in [-0.2, -0.15) is 0 Å². The standard InChI is InChI=1S/C18H31FN4O/c1-6-23(7-2)14(3)12-21-18(20-5)22-13-15(4)24-17-11-9-8-10-16(17)19/h8-11,14-15H,6-7,12-13H2,1-5H3,(H2,20,21,22). The SMILES string of the molecule is CCN(CC)C(C)CNC(=NC)NCC(C)Oc1ccccc1F. The fraction of sp³-hybridized carbons (Fsp3) is 0.611. The van der Waals surface area contributed by atoms with Gasteiger partial charge in [0.25, 0.3) is 0 Å². The van der Waals surface area contributed by atoms with Gasteiger partial charge in [-0.05, 0) is 39.1 Å². The van der Waals surface area contributed by atoms with E-state index in [0.29, 0.717) is 12.6 Å². The minimum Gasteiger partial charge on any atom is -0.486 e. The van der Waals surface area contributed by atoms with Crippen molar-refractivity contribution >= 4 is 5.96 Å². The third kappa shape index (κ3) is 6.74. The summed E-state index contributed by atoms with van der Waals surface area (Å²) in [6, 6.07) is 6.85. The van der Waals surface area contributed by atoms with E-state index in [4.69, 9.17) is 4.74 Å². The van der Waals surface area contributed by atoms with Crippen LogP contribution in [0, 0.1) is 5.82 Å². The summed E-state index contributed by atoms with van der Waals surface area (Å²) < 4.78 is 19.2. The number of guanidine groups is 1. The first kappa shape index (κ1) is 20.2. The Morgan fingerprint density at radius 2 is 1.79 bits per heavy atom. The minimum atomic E-state index is -0.347. The van der Waals surface area contributed by atoms with Crippen LogP contribution in [0.15, 0.2) is 29.3 Å². The van der Waals surface area contributed by atoms with Gasteiger partial charge in [0.1, 0.15) is 6.10 Å². The normalized spacial score (nSPS) is 14.4. The number of aliphatic imine (C=N–C) groups is 1.